The molecule has 1 amide bonds. The molecule has 0 aliphatic heterocycles. The molecule has 22 heavy (non-hydrogen) atoms. The summed E-state index contributed by atoms with van der Waals surface area (Å²) in [7, 11) is 0. The van der Waals surface area contributed by atoms with Crippen molar-refractivity contribution in [1.29, 1.82) is 0 Å². The van der Waals surface area contributed by atoms with Crippen LogP contribution in [0.2, 0.25) is 0 Å². The Kier molecular flexibility index (Phi) is 9.12. The number of amides is 1. The third-order valence-electron chi connectivity index (χ3n) is 3.60. The molecule has 0 fully saturated rings. The number of hydrogen-bond acceptors (Lipinski definition) is 3. The Labute approximate surface area is 134 Å². The SMILES string of the molecule is CCCCCCNC(=O)c1ccc(N)c(OCCCCC)c1. The van der Waals surface area contributed by atoms with E-state index in [1.165, 1.54) is 12.8 Å². The molecule has 0 heterocycles. The smallest absolute Gasteiger partial charge is 0.251 e. The predicted octanol–water partition coefficient (Wildman–Crippen LogP) is 4.15. The molecule has 4 heteroatoms. The topological polar surface area (TPSA) is 64.4 Å². The molecule has 0 radical (unpaired) electrons. The fraction of sp³-hybridized carbons (Fsp3) is 0.611. The first-order valence-corrected chi connectivity index (χ1v) is 8.49. The van der Waals surface area contributed by atoms with Crippen LogP contribution < -0.4 is 15.8 Å². The highest BCUT2D eigenvalue weighted by molar-refractivity contribution is 5.95. The molecular formula is C18H30N2O2. The van der Waals surface area contributed by atoms with Crippen LogP contribution in [0.3, 0.4) is 0 Å². The fourth-order valence-corrected chi connectivity index (χ4v) is 2.19. The van der Waals surface area contributed by atoms with Crippen LogP contribution in [0.25, 0.3) is 0 Å². The van der Waals surface area contributed by atoms with Gasteiger partial charge in [0.1, 0.15) is 5.75 Å². The standard InChI is InChI=1S/C18H30N2O2/c1-3-5-7-8-12-20-18(21)15-10-11-16(19)17(14-15)22-13-9-6-4-2/h10-11,14H,3-9,12-13,19H2,1-2H3,(H,20,21). The van der Waals surface area contributed by atoms with Crippen molar-refractivity contribution >= 4 is 11.6 Å². The van der Waals surface area contributed by atoms with Gasteiger partial charge in [-0.15, -0.1) is 0 Å². The first kappa shape index (κ1) is 18.3. The molecule has 124 valence electrons. The Balaban J connectivity index is 2.47. The molecule has 1 rings (SSSR count). The number of carbonyl (C=O) groups excluding carboxylic acids is 1. The van der Waals surface area contributed by atoms with E-state index in [1.807, 2.05) is 0 Å². The summed E-state index contributed by atoms with van der Waals surface area (Å²) in [5.74, 6) is 0.546. The van der Waals surface area contributed by atoms with Crippen molar-refractivity contribution in [2.45, 2.75) is 58.8 Å². The van der Waals surface area contributed by atoms with Crippen molar-refractivity contribution < 1.29 is 9.53 Å². The van der Waals surface area contributed by atoms with Crippen LogP contribution in [0.15, 0.2) is 18.2 Å². The Bertz CT molecular complexity index is 447. The molecule has 0 atom stereocenters. The van der Waals surface area contributed by atoms with Crippen LogP contribution in [0.4, 0.5) is 5.69 Å². The number of nitrogens with one attached hydrogen (secondary N) is 1. The average Bonchev–Trinajstić information content (AvgIpc) is 2.52. The Morgan fingerprint density at radius 3 is 2.55 bits per heavy atom. The lowest BCUT2D eigenvalue weighted by molar-refractivity contribution is 0.0952. The van der Waals surface area contributed by atoms with Crippen LogP contribution in [0.1, 0.15) is 69.2 Å². The van der Waals surface area contributed by atoms with E-state index in [1.54, 1.807) is 18.2 Å². The maximum atomic E-state index is 12.1. The van der Waals surface area contributed by atoms with Gasteiger partial charge in [-0.25, -0.2) is 0 Å². The first-order valence-electron chi connectivity index (χ1n) is 8.49. The lowest BCUT2D eigenvalue weighted by Gasteiger charge is -2.11. The third kappa shape index (κ3) is 6.83. The largest absolute Gasteiger partial charge is 0.491 e. The van der Waals surface area contributed by atoms with Crippen molar-refractivity contribution in [3.05, 3.63) is 23.8 Å². The van der Waals surface area contributed by atoms with Crippen LogP contribution in [0, 0.1) is 0 Å². The minimum Gasteiger partial charge on any atom is -0.491 e. The fourth-order valence-electron chi connectivity index (χ4n) is 2.19. The summed E-state index contributed by atoms with van der Waals surface area (Å²) in [5.41, 5.74) is 7.09. The molecule has 0 spiro atoms. The lowest BCUT2D eigenvalue weighted by atomic mass is 10.1. The summed E-state index contributed by atoms with van der Waals surface area (Å²) in [5, 5.41) is 2.95. The maximum Gasteiger partial charge on any atom is 0.251 e. The number of rotatable bonds is 11. The van der Waals surface area contributed by atoms with E-state index < -0.39 is 0 Å². The lowest BCUT2D eigenvalue weighted by Crippen LogP contribution is -2.24. The Morgan fingerprint density at radius 2 is 1.82 bits per heavy atom. The monoisotopic (exact) mass is 306 g/mol. The van der Waals surface area contributed by atoms with Crippen LogP contribution in [-0.2, 0) is 0 Å². The minimum absolute atomic E-state index is 0.0603. The summed E-state index contributed by atoms with van der Waals surface area (Å²) >= 11 is 0. The van der Waals surface area contributed by atoms with Gasteiger partial charge in [0.05, 0.1) is 12.3 Å². The molecule has 0 aliphatic rings. The zero-order valence-corrected chi connectivity index (χ0v) is 14.0. The van der Waals surface area contributed by atoms with Crippen molar-refractivity contribution in [3.8, 4) is 5.75 Å². The Morgan fingerprint density at radius 1 is 1.09 bits per heavy atom. The van der Waals surface area contributed by atoms with Crippen LogP contribution >= 0.6 is 0 Å². The molecule has 0 saturated heterocycles. The second kappa shape index (κ2) is 10.9. The number of ether oxygens (including phenoxy) is 1. The normalized spacial score (nSPS) is 10.5. The second-order valence-electron chi connectivity index (χ2n) is 5.62. The van der Waals surface area contributed by atoms with E-state index in [0.29, 0.717) is 23.6 Å². The number of nitrogen functional groups attached to an aromatic ring is 1. The zero-order chi connectivity index (χ0) is 16.2. The molecule has 0 aromatic heterocycles. The van der Waals surface area contributed by atoms with E-state index in [2.05, 4.69) is 19.2 Å². The van der Waals surface area contributed by atoms with Crippen LogP contribution in [-0.4, -0.2) is 19.1 Å². The number of hydrogen-bond donors (Lipinski definition) is 2. The van der Waals surface area contributed by atoms with E-state index in [4.69, 9.17) is 10.5 Å². The third-order valence-corrected chi connectivity index (χ3v) is 3.60. The number of benzene rings is 1. The zero-order valence-electron chi connectivity index (χ0n) is 14.0. The van der Waals surface area contributed by atoms with Crippen molar-refractivity contribution in [2.24, 2.45) is 0 Å². The number of nitrogens with two attached hydrogens (primary N) is 1. The number of unbranched alkanes of at least 4 members (excludes halogenated alkanes) is 5. The number of carbonyl (C=O) groups is 1. The summed E-state index contributed by atoms with van der Waals surface area (Å²) in [6, 6.07) is 5.22. The molecule has 0 aliphatic carbocycles. The highest BCUT2D eigenvalue weighted by Gasteiger charge is 2.09. The van der Waals surface area contributed by atoms with Gasteiger partial charge in [0, 0.05) is 12.1 Å². The van der Waals surface area contributed by atoms with Gasteiger partial charge in [-0.1, -0.05) is 46.0 Å². The molecule has 1 aromatic carbocycles. The summed E-state index contributed by atoms with van der Waals surface area (Å²) in [6.07, 6.45) is 7.89. The predicted molar refractivity (Wildman–Crippen MR) is 92.3 cm³/mol. The summed E-state index contributed by atoms with van der Waals surface area (Å²) in [6.45, 7) is 5.69. The van der Waals surface area contributed by atoms with Crippen molar-refractivity contribution in [3.63, 3.8) is 0 Å². The summed E-state index contributed by atoms with van der Waals surface area (Å²) < 4.78 is 5.68. The second-order valence-corrected chi connectivity index (χ2v) is 5.62. The molecule has 3 N–H and O–H groups in total. The van der Waals surface area contributed by atoms with Crippen molar-refractivity contribution in [1.82, 2.24) is 5.32 Å². The molecule has 0 bridgehead atoms. The molecule has 1 aromatic rings. The van der Waals surface area contributed by atoms with E-state index >= 15 is 0 Å². The van der Waals surface area contributed by atoms with Crippen LogP contribution in [0.5, 0.6) is 5.75 Å². The minimum atomic E-state index is -0.0603. The Hall–Kier alpha value is -1.71. The van der Waals surface area contributed by atoms with Gasteiger partial charge in [-0.3, -0.25) is 4.79 Å². The van der Waals surface area contributed by atoms with E-state index in [9.17, 15) is 4.79 Å². The van der Waals surface area contributed by atoms with Gasteiger partial charge < -0.3 is 15.8 Å². The van der Waals surface area contributed by atoms with Gasteiger partial charge in [-0.05, 0) is 31.0 Å². The quantitative estimate of drug-likeness (QED) is 0.477. The molecular weight excluding hydrogens is 276 g/mol. The van der Waals surface area contributed by atoms with E-state index in [-0.39, 0.29) is 5.91 Å². The highest BCUT2D eigenvalue weighted by Crippen LogP contribution is 2.23. The van der Waals surface area contributed by atoms with Gasteiger partial charge in [0.25, 0.3) is 5.91 Å². The highest BCUT2D eigenvalue weighted by atomic mass is 16.5. The average molecular weight is 306 g/mol. The molecule has 0 unspecified atom stereocenters. The maximum absolute atomic E-state index is 12.1. The molecule has 0 saturated carbocycles. The van der Waals surface area contributed by atoms with Gasteiger partial charge in [-0.2, -0.15) is 0 Å². The van der Waals surface area contributed by atoms with Gasteiger partial charge in [0.2, 0.25) is 0 Å². The van der Waals surface area contributed by atoms with Crippen molar-refractivity contribution in [2.75, 3.05) is 18.9 Å². The number of anilines is 1. The van der Waals surface area contributed by atoms with Gasteiger partial charge in [0.15, 0.2) is 0 Å². The van der Waals surface area contributed by atoms with Gasteiger partial charge >= 0.3 is 0 Å². The summed E-state index contributed by atoms with van der Waals surface area (Å²) in [4.78, 5) is 12.1. The van der Waals surface area contributed by atoms with E-state index in [0.717, 1.165) is 38.6 Å². The first-order chi connectivity index (χ1) is 10.7. The molecule has 4 nitrogen and oxygen atoms in total.